The molecule has 11 nitrogen and oxygen atoms in total. The number of aromatic amines is 1. The van der Waals surface area contributed by atoms with Gasteiger partial charge in [-0.3, -0.25) is 19.3 Å². The minimum Gasteiger partial charge on any atom is -0.465 e. The van der Waals surface area contributed by atoms with Crippen molar-refractivity contribution in [3.8, 4) is 0 Å². The number of halogens is 3. The number of amides is 2. The molecule has 3 heterocycles. The van der Waals surface area contributed by atoms with Crippen molar-refractivity contribution in [2.75, 3.05) is 18.5 Å². The van der Waals surface area contributed by atoms with Gasteiger partial charge in [-0.15, -0.1) is 13.2 Å². The monoisotopic (exact) mass is 476 g/mol. The Balaban J connectivity index is 0.000000240. The molecule has 0 atom stereocenters. The molecule has 1 saturated carbocycles. The Labute approximate surface area is 187 Å². The fraction of sp³-hybridized carbons (Fsp3) is 0.579. The van der Waals surface area contributed by atoms with Crippen LogP contribution in [0.3, 0.4) is 0 Å². The predicted molar refractivity (Wildman–Crippen MR) is 109 cm³/mol. The lowest BCUT2D eigenvalue weighted by atomic mass is 10.3. The molecule has 2 aromatic rings. The molecule has 33 heavy (non-hydrogen) atoms. The third-order valence-electron chi connectivity index (χ3n) is 4.53. The standard InChI is InChI=1S/C10H10F3N5O2.C5H9NO2.C4H8O/c1-18-7(9(19)15-8-2-3-14-16-8)4-6(17-18)5-20-10(11,12)13;1-5(2-3-5)6-4(7)8;1-2-4-5-3-1/h2-4H,5H2,1H3,(H2,14,15,16,19);6H,2-3H2,1H3,(H,7,8);1-4H2. The number of carbonyl (C=O) groups excluding carboxylic acids is 1. The van der Waals surface area contributed by atoms with Crippen LogP contribution < -0.4 is 10.6 Å². The molecular weight excluding hydrogens is 449 g/mol. The third-order valence-corrected chi connectivity index (χ3v) is 4.53. The Bertz CT molecular complexity index is 885. The topological polar surface area (TPSA) is 143 Å². The van der Waals surface area contributed by atoms with Gasteiger partial charge in [0.2, 0.25) is 0 Å². The number of hydrogen-bond donors (Lipinski definition) is 4. The van der Waals surface area contributed by atoms with Gasteiger partial charge in [0.05, 0.1) is 11.9 Å². The van der Waals surface area contributed by atoms with Gasteiger partial charge in [-0.2, -0.15) is 10.2 Å². The first kappa shape index (κ1) is 26.1. The van der Waals surface area contributed by atoms with Gasteiger partial charge in [0, 0.05) is 31.9 Å². The van der Waals surface area contributed by atoms with E-state index in [1.54, 1.807) is 0 Å². The first-order valence-corrected chi connectivity index (χ1v) is 10.1. The van der Waals surface area contributed by atoms with Crippen molar-refractivity contribution in [3.05, 3.63) is 29.7 Å². The van der Waals surface area contributed by atoms with E-state index >= 15 is 0 Å². The van der Waals surface area contributed by atoms with E-state index in [0.717, 1.165) is 26.1 Å². The minimum absolute atomic E-state index is 0.000384. The largest absolute Gasteiger partial charge is 0.522 e. The molecule has 0 bridgehead atoms. The molecule has 2 aliphatic rings. The third kappa shape index (κ3) is 10.4. The average Bonchev–Trinajstić information content (AvgIpc) is 3.22. The molecule has 2 fully saturated rings. The zero-order valence-corrected chi connectivity index (χ0v) is 18.2. The van der Waals surface area contributed by atoms with Crippen LogP contribution in [0, 0.1) is 0 Å². The fourth-order valence-corrected chi connectivity index (χ4v) is 2.56. The number of rotatable bonds is 5. The van der Waals surface area contributed by atoms with Crippen molar-refractivity contribution in [2.45, 2.75) is 51.1 Å². The first-order chi connectivity index (χ1) is 15.5. The zero-order valence-electron chi connectivity index (χ0n) is 18.2. The summed E-state index contributed by atoms with van der Waals surface area (Å²) >= 11 is 0. The van der Waals surface area contributed by atoms with Crippen molar-refractivity contribution in [2.24, 2.45) is 7.05 Å². The Morgan fingerprint density at radius 3 is 2.42 bits per heavy atom. The van der Waals surface area contributed by atoms with Gasteiger partial charge in [0.1, 0.15) is 18.1 Å². The summed E-state index contributed by atoms with van der Waals surface area (Å²) in [4.78, 5) is 21.8. The number of carbonyl (C=O) groups is 2. The minimum atomic E-state index is -4.74. The maximum Gasteiger partial charge on any atom is 0.522 e. The number of anilines is 1. The van der Waals surface area contributed by atoms with Gasteiger partial charge in [0.15, 0.2) is 0 Å². The number of H-pyrrole nitrogens is 1. The summed E-state index contributed by atoms with van der Waals surface area (Å²) in [6, 6.07) is 2.75. The number of aromatic nitrogens is 4. The number of aryl methyl sites for hydroxylation is 1. The lowest BCUT2D eigenvalue weighted by Crippen LogP contribution is -2.32. The summed E-state index contributed by atoms with van der Waals surface area (Å²) in [6.45, 7) is 3.15. The number of carboxylic acid groups (broad SMARTS) is 1. The second-order valence-electron chi connectivity index (χ2n) is 7.61. The van der Waals surface area contributed by atoms with Gasteiger partial charge in [0.25, 0.3) is 5.91 Å². The molecule has 1 saturated heterocycles. The van der Waals surface area contributed by atoms with E-state index in [0.29, 0.717) is 5.82 Å². The number of ether oxygens (including phenoxy) is 2. The highest BCUT2D eigenvalue weighted by Crippen LogP contribution is 2.33. The summed E-state index contributed by atoms with van der Waals surface area (Å²) in [5, 5.41) is 23.0. The van der Waals surface area contributed by atoms with E-state index in [9.17, 15) is 22.8 Å². The highest BCUT2D eigenvalue weighted by Gasteiger charge is 2.38. The van der Waals surface area contributed by atoms with Gasteiger partial charge < -0.3 is 20.5 Å². The zero-order chi connectivity index (χ0) is 24.5. The molecular formula is C19H27F3N6O5. The second-order valence-corrected chi connectivity index (χ2v) is 7.61. The smallest absolute Gasteiger partial charge is 0.465 e. The van der Waals surface area contributed by atoms with Crippen LogP contribution in [0.15, 0.2) is 18.3 Å². The Hall–Kier alpha value is -3.13. The maximum absolute atomic E-state index is 11.9. The average molecular weight is 476 g/mol. The van der Waals surface area contributed by atoms with E-state index in [-0.39, 0.29) is 16.9 Å². The Morgan fingerprint density at radius 2 is 2.00 bits per heavy atom. The van der Waals surface area contributed by atoms with Gasteiger partial charge in [-0.25, -0.2) is 4.79 Å². The van der Waals surface area contributed by atoms with Crippen molar-refractivity contribution < 1.29 is 37.3 Å². The van der Waals surface area contributed by atoms with Gasteiger partial charge in [-0.1, -0.05) is 0 Å². The van der Waals surface area contributed by atoms with E-state index in [1.165, 1.54) is 42.9 Å². The molecule has 0 spiro atoms. The lowest BCUT2D eigenvalue weighted by Gasteiger charge is -2.04. The maximum atomic E-state index is 11.9. The first-order valence-electron chi connectivity index (χ1n) is 10.1. The van der Waals surface area contributed by atoms with Crippen LogP contribution in [-0.2, 0) is 23.1 Å². The van der Waals surface area contributed by atoms with Crippen molar-refractivity contribution in [1.29, 1.82) is 0 Å². The van der Waals surface area contributed by atoms with Crippen molar-refractivity contribution in [3.63, 3.8) is 0 Å². The molecule has 0 radical (unpaired) electrons. The number of alkyl halides is 3. The summed E-state index contributed by atoms with van der Waals surface area (Å²) in [5.41, 5.74) is 0.0196. The van der Waals surface area contributed by atoms with Crippen LogP contribution >= 0.6 is 0 Å². The molecule has 1 aliphatic carbocycles. The number of nitrogens with zero attached hydrogens (tertiary/aromatic N) is 3. The molecule has 0 unspecified atom stereocenters. The Morgan fingerprint density at radius 1 is 1.33 bits per heavy atom. The number of hydrogen-bond acceptors (Lipinski definition) is 6. The second kappa shape index (κ2) is 11.7. The molecule has 2 amide bonds. The van der Waals surface area contributed by atoms with Gasteiger partial charge >= 0.3 is 12.5 Å². The summed E-state index contributed by atoms with van der Waals surface area (Å²) in [7, 11) is 1.44. The molecule has 4 N–H and O–H groups in total. The molecule has 1 aliphatic heterocycles. The van der Waals surface area contributed by atoms with E-state index in [2.05, 4.69) is 30.7 Å². The van der Waals surface area contributed by atoms with Gasteiger partial charge in [-0.05, 0) is 38.7 Å². The van der Waals surface area contributed by atoms with E-state index in [4.69, 9.17) is 9.84 Å². The van der Waals surface area contributed by atoms with Crippen LogP contribution in [0.2, 0.25) is 0 Å². The molecule has 184 valence electrons. The number of nitrogens with one attached hydrogen (secondary N) is 3. The lowest BCUT2D eigenvalue weighted by molar-refractivity contribution is -0.330. The molecule has 2 aromatic heterocycles. The van der Waals surface area contributed by atoms with Crippen LogP contribution in [0.25, 0.3) is 0 Å². The predicted octanol–water partition coefficient (Wildman–Crippen LogP) is 3.04. The van der Waals surface area contributed by atoms with Crippen molar-refractivity contribution in [1.82, 2.24) is 25.3 Å². The summed E-state index contributed by atoms with van der Waals surface area (Å²) in [6.07, 6.45) is 0.320. The van der Waals surface area contributed by atoms with Crippen LogP contribution in [0.5, 0.6) is 0 Å². The normalized spacial score (nSPS) is 16.0. The molecule has 4 rings (SSSR count). The van der Waals surface area contributed by atoms with E-state index in [1.807, 2.05) is 6.92 Å². The molecule has 14 heteroatoms. The quantitative estimate of drug-likeness (QED) is 0.519. The van der Waals surface area contributed by atoms with E-state index < -0.39 is 25.0 Å². The van der Waals surface area contributed by atoms with Crippen LogP contribution in [-0.4, -0.2) is 62.2 Å². The molecule has 0 aromatic carbocycles. The highest BCUT2D eigenvalue weighted by molar-refractivity contribution is 6.02. The van der Waals surface area contributed by atoms with Crippen LogP contribution in [0.1, 0.15) is 48.8 Å². The Kier molecular flexibility index (Phi) is 9.22. The summed E-state index contributed by atoms with van der Waals surface area (Å²) < 4.78 is 45.5. The fourth-order valence-electron chi connectivity index (χ4n) is 2.56. The van der Waals surface area contributed by atoms with Crippen molar-refractivity contribution >= 4 is 17.8 Å². The SMILES string of the molecule is C1CCOC1.CC1(NC(=O)O)CC1.Cn1nc(COC(F)(F)F)cc1C(=O)Nc1ccn[nH]1. The van der Waals surface area contributed by atoms with Crippen LogP contribution in [0.4, 0.5) is 23.8 Å². The summed E-state index contributed by atoms with van der Waals surface area (Å²) in [5.74, 6) is -0.160. The highest BCUT2D eigenvalue weighted by atomic mass is 19.4.